The summed E-state index contributed by atoms with van der Waals surface area (Å²) < 4.78 is 40.7. The zero-order valence-corrected chi connectivity index (χ0v) is 7.04. The van der Waals surface area contributed by atoms with Gasteiger partial charge in [0.05, 0.1) is 5.56 Å². The number of halogens is 3. The van der Waals surface area contributed by atoms with Gasteiger partial charge in [-0.15, -0.1) is 0 Å². The third kappa shape index (κ3) is 2.76. The minimum atomic E-state index is -2.63. The van der Waals surface area contributed by atoms with Crippen molar-refractivity contribution >= 4 is 6.29 Å². The summed E-state index contributed by atoms with van der Waals surface area (Å²) in [5.41, 5.74) is -0.0781. The lowest BCUT2D eigenvalue weighted by molar-refractivity contribution is 0.0809. The molecule has 0 atom stereocenters. The van der Waals surface area contributed by atoms with E-state index < -0.39 is 18.8 Å². The van der Waals surface area contributed by atoms with Gasteiger partial charge in [-0.2, -0.15) is 0 Å². The van der Waals surface area contributed by atoms with E-state index in [1.165, 1.54) is 0 Å². The van der Waals surface area contributed by atoms with Crippen LogP contribution in [0.1, 0.15) is 10.4 Å². The minimum absolute atomic E-state index is 0.0401. The number of carbonyl (C=O) groups is 1. The summed E-state index contributed by atoms with van der Waals surface area (Å²) in [5, 5.41) is 0. The second-order valence-corrected chi connectivity index (χ2v) is 2.50. The molecule has 0 aromatic heterocycles. The molecular weight excluding hydrogens is 197 g/mol. The number of carbonyl (C=O) groups excluding carboxylic acids is 1. The lowest BCUT2D eigenvalue weighted by Gasteiger charge is -2.07. The van der Waals surface area contributed by atoms with E-state index in [4.69, 9.17) is 0 Å². The summed E-state index contributed by atoms with van der Waals surface area (Å²) >= 11 is 0. The van der Waals surface area contributed by atoms with Crippen molar-refractivity contribution in [1.82, 2.24) is 0 Å². The number of rotatable bonds is 4. The van der Waals surface area contributed by atoms with Gasteiger partial charge in [-0.3, -0.25) is 4.79 Å². The van der Waals surface area contributed by atoms with Gasteiger partial charge in [-0.1, -0.05) is 0 Å². The Balaban J connectivity index is 2.80. The third-order valence-corrected chi connectivity index (χ3v) is 1.46. The van der Waals surface area contributed by atoms with E-state index in [-0.39, 0.29) is 11.3 Å². The van der Waals surface area contributed by atoms with Gasteiger partial charge in [0.2, 0.25) is 0 Å². The van der Waals surface area contributed by atoms with Crippen LogP contribution < -0.4 is 4.74 Å². The maximum Gasteiger partial charge on any atom is 0.272 e. The van der Waals surface area contributed by atoms with Crippen LogP contribution in [-0.4, -0.2) is 19.3 Å². The molecule has 76 valence electrons. The van der Waals surface area contributed by atoms with Crippen molar-refractivity contribution in [2.75, 3.05) is 6.61 Å². The van der Waals surface area contributed by atoms with Gasteiger partial charge >= 0.3 is 0 Å². The summed E-state index contributed by atoms with van der Waals surface area (Å²) in [6.45, 7) is -0.813. The van der Waals surface area contributed by atoms with Crippen molar-refractivity contribution in [1.29, 1.82) is 0 Å². The number of hydrogen-bond acceptors (Lipinski definition) is 2. The summed E-state index contributed by atoms with van der Waals surface area (Å²) in [6.07, 6.45) is -2.27. The van der Waals surface area contributed by atoms with Gasteiger partial charge < -0.3 is 4.74 Å². The van der Waals surface area contributed by atoms with Crippen LogP contribution in [0.15, 0.2) is 18.2 Å². The van der Waals surface area contributed by atoms with Crippen molar-refractivity contribution in [3.63, 3.8) is 0 Å². The lowest BCUT2D eigenvalue weighted by Crippen LogP contribution is -2.08. The predicted molar refractivity (Wildman–Crippen MR) is 43.3 cm³/mol. The monoisotopic (exact) mass is 204 g/mol. The largest absolute Gasteiger partial charge is 0.487 e. The fraction of sp³-hybridized carbons (Fsp3) is 0.222. The summed E-state index contributed by atoms with van der Waals surface area (Å²) in [5.74, 6) is -0.654. The van der Waals surface area contributed by atoms with E-state index in [0.29, 0.717) is 6.29 Å². The van der Waals surface area contributed by atoms with E-state index in [0.717, 1.165) is 18.2 Å². The maximum absolute atomic E-state index is 12.6. The molecule has 0 aliphatic rings. The molecule has 0 saturated heterocycles. The van der Waals surface area contributed by atoms with Crippen LogP contribution in [0.3, 0.4) is 0 Å². The van der Waals surface area contributed by atoms with E-state index in [9.17, 15) is 18.0 Å². The van der Waals surface area contributed by atoms with Crippen molar-refractivity contribution < 1.29 is 22.7 Å². The second-order valence-electron chi connectivity index (χ2n) is 2.50. The van der Waals surface area contributed by atoms with Crippen LogP contribution in [0.2, 0.25) is 0 Å². The molecule has 14 heavy (non-hydrogen) atoms. The SMILES string of the molecule is O=Cc1cc(F)ccc1OCC(F)F. The first-order chi connectivity index (χ1) is 6.63. The van der Waals surface area contributed by atoms with Gasteiger partial charge in [0.15, 0.2) is 6.29 Å². The Kier molecular flexibility index (Phi) is 3.50. The van der Waals surface area contributed by atoms with Crippen LogP contribution in [0.25, 0.3) is 0 Å². The fourth-order valence-electron chi connectivity index (χ4n) is 0.896. The number of aldehydes is 1. The van der Waals surface area contributed by atoms with Crippen LogP contribution in [0.4, 0.5) is 13.2 Å². The highest BCUT2D eigenvalue weighted by molar-refractivity contribution is 5.79. The van der Waals surface area contributed by atoms with Crippen LogP contribution in [-0.2, 0) is 0 Å². The number of benzene rings is 1. The molecule has 0 aliphatic heterocycles. The molecule has 1 aromatic rings. The van der Waals surface area contributed by atoms with Crippen molar-refractivity contribution in [2.45, 2.75) is 6.43 Å². The summed E-state index contributed by atoms with van der Waals surface area (Å²) in [7, 11) is 0. The molecule has 5 heteroatoms. The minimum Gasteiger partial charge on any atom is -0.487 e. The number of hydrogen-bond donors (Lipinski definition) is 0. The molecule has 0 aliphatic carbocycles. The molecule has 0 N–H and O–H groups in total. The topological polar surface area (TPSA) is 26.3 Å². The summed E-state index contributed by atoms with van der Waals surface area (Å²) in [4.78, 5) is 10.4. The molecule has 0 bridgehead atoms. The standard InChI is InChI=1S/C9H7F3O2/c10-7-1-2-8(6(3-7)4-13)14-5-9(11)12/h1-4,9H,5H2. The normalized spacial score (nSPS) is 10.3. The predicted octanol–water partition coefficient (Wildman–Crippen LogP) is 2.28. The average Bonchev–Trinajstić information content (AvgIpc) is 2.15. The third-order valence-electron chi connectivity index (χ3n) is 1.46. The van der Waals surface area contributed by atoms with Crippen LogP contribution >= 0.6 is 0 Å². The molecule has 2 nitrogen and oxygen atoms in total. The number of alkyl halides is 2. The molecular formula is C9H7F3O2. The highest BCUT2D eigenvalue weighted by Crippen LogP contribution is 2.18. The highest BCUT2D eigenvalue weighted by Gasteiger charge is 2.08. The van der Waals surface area contributed by atoms with Crippen LogP contribution in [0.5, 0.6) is 5.75 Å². The van der Waals surface area contributed by atoms with Gasteiger partial charge in [-0.05, 0) is 18.2 Å². The van der Waals surface area contributed by atoms with Gasteiger partial charge in [0.1, 0.15) is 18.2 Å². The van der Waals surface area contributed by atoms with E-state index in [1.807, 2.05) is 0 Å². The van der Waals surface area contributed by atoms with Gasteiger partial charge in [0.25, 0.3) is 6.43 Å². The molecule has 0 heterocycles. The van der Waals surface area contributed by atoms with Gasteiger partial charge in [-0.25, -0.2) is 13.2 Å². The van der Waals surface area contributed by atoms with Gasteiger partial charge in [0, 0.05) is 0 Å². The molecule has 1 rings (SSSR count). The number of ether oxygens (including phenoxy) is 1. The first-order valence-electron chi connectivity index (χ1n) is 3.79. The molecule has 0 spiro atoms. The Hall–Kier alpha value is -1.52. The maximum atomic E-state index is 12.6. The first-order valence-corrected chi connectivity index (χ1v) is 3.79. The quantitative estimate of drug-likeness (QED) is 0.703. The van der Waals surface area contributed by atoms with E-state index in [1.54, 1.807) is 0 Å². The highest BCUT2D eigenvalue weighted by atomic mass is 19.3. The molecule has 0 radical (unpaired) electrons. The zero-order valence-electron chi connectivity index (χ0n) is 7.04. The van der Waals surface area contributed by atoms with Crippen LogP contribution in [0, 0.1) is 5.82 Å². The molecule has 0 amide bonds. The first kappa shape index (κ1) is 10.6. The Morgan fingerprint density at radius 3 is 2.71 bits per heavy atom. The Bertz CT molecular complexity index is 326. The second kappa shape index (κ2) is 4.64. The smallest absolute Gasteiger partial charge is 0.272 e. The van der Waals surface area contributed by atoms with E-state index in [2.05, 4.69) is 4.74 Å². The lowest BCUT2D eigenvalue weighted by atomic mass is 10.2. The molecule has 0 unspecified atom stereocenters. The molecule has 0 fully saturated rings. The van der Waals surface area contributed by atoms with Crippen molar-refractivity contribution in [3.8, 4) is 5.75 Å². The average molecular weight is 204 g/mol. The fourth-order valence-corrected chi connectivity index (χ4v) is 0.896. The molecule has 1 aromatic carbocycles. The summed E-state index contributed by atoms with van der Waals surface area (Å²) in [6, 6.07) is 3.10. The zero-order chi connectivity index (χ0) is 10.6. The molecule has 0 saturated carbocycles. The van der Waals surface area contributed by atoms with Crippen molar-refractivity contribution in [2.24, 2.45) is 0 Å². The van der Waals surface area contributed by atoms with Crippen molar-refractivity contribution in [3.05, 3.63) is 29.6 Å². The Morgan fingerprint density at radius 1 is 1.43 bits per heavy atom. The Labute approximate surface area is 78.3 Å². The Morgan fingerprint density at radius 2 is 2.14 bits per heavy atom. The van der Waals surface area contributed by atoms with E-state index >= 15 is 0 Å².